The molecule has 0 unspecified atom stereocenters. The average Bonchev–Trinajstić information content (AvgIpc) is 2.82. The summed E-state index contributed by atoms with van der Waals surface area (Å²) in [4.78, 5) is 37.8. The van der Waals surface area contributed by atoms with Gasteiger partial charge in [0.05, 0.1) is 17.6 Å². The van der Waals surface area contributed by atoms with Gasteiger partial charge >= 0.3 is 5.97 Å². The number of rotatable bonds is 6. The number of hydrogen-bond donors (Lipinski definition) is 0. The van der Waals surface area contributed by atoms with Crippen molar-refractivity contribution in [3.63, 3.8) is 0 Å². The van der Waals surface area contributed by atoms with Gasteiger partial charge < -0.3 is 9.47 Å². The van der Waals surface area contributed by atoms with E-state index < -0.39 is 23.2 Å². The van der Waals surface area contributed by atoms with Crippen molar-refractivity contribution in [1.29, 1.82) is 0 Å². The zero-order chi connectivity index (χ0) is 18.6. The summed E-state index contributed by atoms with van der Waals surface area (Å²) in [5, 5.41) is -0.487. The number of para-hydroxylation sites is 1. The first kappa shape index (κ1) is 19.1. The van der Waals surface area contributed by atoms with Gasteiger partial charge in [-0.05, 0) is 51.6 Å². The molecule has 134 valence electrons. The van der Waals surface area contributed by atoms with Gasteiger partial charge in [-0.15, -0.1) is 0 Å². The van der Waals surface area contributed by atoms with Gasteiger partial charge in [0.25, 0.3) is 11.1 Å². The summed E-state index contributed by atoms with van der Waals surface area (Å²) in [6.45, 7) is 7.16. The van der Waals surface area contributed by atoms with Crippen molar-refractivity contribution < 1.29 is 23.9 Å². The van der Waals surface area contributed by atoms with E-state index in [1.165, 1.54) is 6.92 Å². The van der Waals surface area contributed by atoms with Crippen LogP contribution in [-0.4, -0.2) is 40.8 Å². The van der Waals surface area contributed by atoms with Crippen LogP contribution in [0.4, 0.5) is 4.79 Å². The summed E-state index contributed by atoms with van der Waals surface area (Å²) in [5.74, 6) is -0.479. The van der Waals surface area contributed by atoms with Crippen molar-refractivity contribution in [1.82, 2.24) is 4.90 Å². The molecule has 0 aliphatic carbocycles. The normalized spacial score (nSPS) is 17.3. The van der Waals surface area contributed by atoms with Gasteiger partial charge in [-0.2, -0.15) is 0 Å². The number of nitrogens with zero attached hydrogens (tertiary/aromatic N) is 1. The number of hydrogen-bond acceptors (Lipinski definition) is 6. The van der Waals surface area contributed by atoms with Crippen molar-refractivity contribution in [2.24, 2.45) is 0 Å². The van der Waals surface area contributed by atoms with Crippen LogP contribution in [0.3, 0.4) is 0 Å². The Morgan fingerprint density at radius 3 is 2.56 bits per heavy atom. The minimum absolute atomic E-state index is 0.0200. The lowest BCUT2D eigenvalue weighted by molar-refractivity contribution is -0.150. The molecular weight excluding hydrogens is 342 g/mol. The lowest BCUT2D eigenvalue weighted by Gasteiger charge is -2.19. The predicted molar refractivity (Wildman–Crippen MR) is 96.1 cm³/mol. The molecule has 0 radical (unpaired) electrons. The van der Waals surface area contributed by atoms with E-state index in [1.807, 2.05) is 26.0 Å². The second-order valence-corrected chi connectivity index (χ2v) is 6.68. The van der Waals surface area contributed by atoms with E-state index in [4.69, 9.17) is 9.47 Å². The van der Waals surface area contributed by atoms with Crippen LogP contribution < -0.4 is 4.74 Å². The highest BCUT2D eigenvalue weighted by atomic mass is 32.2. The summed E-state index contributed by atoms with van der Waals surface area (Å²) >= 11 is 0.803. The number of thioether (sulfide) groups is 1. The number of carbonyl (C=O) groups excluding carboxylic acids is 3. The standard InChI is InChI=1S/C18H21NO5S/c1-5-23-17(21)12(4)19-16(20)15(25-18(19)22)10-13-8-6-7-9-14(13)24-11(2)3/h6-12H,5H2,1-4H3/b15-10+/t12-/m0/s1. The van der Waals surface area contributed by atoms with Gasteiger partial charge in [0.2, 0.25) is 0 Å². The van der Waals surface area contributed by atoms with Crippen LogP contribution in [0.2, 0.25) is 0 Å². The lowest BCUT2D eigenvalue weighted by atomic mass is 10.1. The topological polar surface area (TPSA) is 72.9 Å². The summed E-state index contributed by atoms with van der Waals surface area (Å²) in [5.41, 5.74) is 0.700. The quantitative estimate of drug-likeness (QED) is 0.569. The monoisotopic (exact) mass is 363 g/mol. The van der Waals surface area contributed by atoms with Crippen molar-refractivity contribution in [2.45, 2.75) is 39.8 Å². The first-order chi connectivity index (χ1) is 11.8. The van der Waals surface area contributed by atoms with E-state index in [0.717, 1.165) is 16.7 Å². The third kappa shape index (κ3) is 4.42. The molecule has 0 bridgehead atoms. The molecule has 6 nitrogen and oxygen atoms in total. The molecule has 0 N–H and O–H groups in total. The van der Waals surface area contributed by atoms with Gasteiger partial charge in [-0.25, -0.2) is 4.79 Å². The van der Waals surface area contributed by atoms with E-state index in [2.05, 4.69) is 0 Å². The third-order valence-electron chi connectivity index (χ3n) is 3.41. The fourth-order valence-corrected chi connectivity index (χ4v) is 3.18. The van der Waals surface area contributed by atoms with Crippen molar-refractivity contribution in [3.05, 3.63) is 34.7 Å². The SMILES string of the molecule is CCOC(=O)[C@H](C)N1C(=O)S/C(=C/c2ccccc2OC(C)C)C1=O. The summed E-state index contributed by atoms with van der Waals surface area (Å²) < 4.78 is 10.6. The zero-order valence-electron chi connectivity index (χ0n) is 14.6. The highest BCUT2D eigenvalue weighted by Crippen LogP contribution is 2.35. The molecule has 1 saturated heterocycles. The molecule has 1 aromatic carbocycles. The molecule has 1 aliphatic rings. The van der Waals surface area contributed by atoms with Gasteiger partial charge in [-0.1, -0.05) is 18.2 Å². The Morgan fingerprint density at radius 1 is 1.24 bits per heavy atom. The maximum Gasteiger partial charge on any atom is 0.329 e. The summed E-state index contributed by atoms with van der Waals surface area (Å²) in [7, 11) is 0. The predicted octanol–water partition coefficient (Wildman–Crippen LogP) is 3.46. The van der Waals surface area contributed by atoms with E-state index in [0.29, 0.717) is 11.3 Å². The minimum atomic E-state index is -0.958. The molecule has 1 fully saturated rings. The second-order valence-electron chi connectivity index (χ2n) is 5.68. The highest BCUT2D eigenvalue weighted by molar-refractivity contribution is 8.18. The van der Waals surface area contributed by atoms with E-state index in [1.54, 1.807) is 25.1 Å². The van der Waals surface area contributed by atoms with E-state index in [-0.39, 0.29) is 17.6 Å². The molecule has 25 heavy (non-hydrogen) atoms. The summed E-state index contributed by atoms with van der Waals surface area (Å²) in [6, 6.07) is 6.31. The third-order valence-corrected chi connectivity index (χ3v) is 4.29. The maximum atomic E-state index is 12.6. The average molecular weight is 363 g/mol. The zero-order valence-corrected chi connectivity index (χ0v) is 15.5. The van der Waals surface area contributed by atoms with Crippen LogP contribution in [0.1, 0.15) is 33.3 Å². The van der Waals surface area contributed by atoms with Crippen LogP contribution in [0.25, 0.3) is 6.08 Å². The molecular formula is C18H21NO5S. The number of ether oxygens (including phenoxy) is 2. The van der Waals surface area contributed by atoms with Crippen molar-refractivity contribution in [3.8, 4) is 5.75 Å². The molecule has 2 rings (SSSR count). The Kier molecular flexibility index (Phi) is 6.25. The fourth-order valence-electron chi connectivity index (χ4n) is 2.28. The van der Waals surface area contributed by atoms with Crippen LogP contribution in [0.5, 0.6) is 5.75 Å². The minimum Gasteiger partial charge on any atom is -0.490 e. The van der Waals surface area contributed by atoms with Crippen LogP contribution >= 0.6 is 11.8 Å². The van der Waals surface area contributed by atoms with Gasteiger partial charge in [0.15, 0.2) is 0 Å². The Bertz CT molecular complexity index is 713. The Morgan fingerprint density at radius 2 is 1.92 bits per heavy atom. The number of carbonyl (C=O) groups is 3. The van der Waals surface area contributed by atoms with Crippen molar-refractivity contribution >= 4 is 35.0 Å². The van der Waals surface area contributed by atoms with Gasteiger partial charge in [0, 0.05) is 5.56 Å². The molecule has 1 aromatic rings. The molecule has 0 saturated carbocycles. The second kappa shape index (κ2) is 8.20. The lowest BCUT2D eigenvalue weighted by Crippen LogP contribution is -2.42. The molecule has 1 heterocycles. The Labute approximate surface area is 151 Å². The van der Waals surface area contributed by atoms with Gasteiger partial charge in [-0.3, -0.25) is 14.5 Å². The van der Waals surface area contributed by atoms with Crippen LogP contribution in [0.15, 0.2) is 29.2 Å². The molecule has 0 aromatic heterocycles. The maximum absolute atomic E-state index is 12.6. The Balaban J connectivity index is 2.28. The van der Waals surface area contributed by atoms with E-state index >= 15 is 0 Å². The van der Waals surface area contributed by atoms with Crippen LogP contribution in [-0.2, 0) is 14.3 Å². The van der Waals surface area contributed by atoms with Crippen LogP contribution in [0, 0.1) is 0 Å². The summed E-state index contributed by atoms with van der Waals surface area (Å²) in [6.07, 6.45) is 1.59. The molecule has 0 spiro atoms. The molecule has 7 heteroatoms. The van der Waals surface area contributed by atoms with Gasteiger partial charge in [0.1, 0.15) is 11.8 Å². The molecule has 1 aliphatic heterocycles. The number of esters is 1. The number of imide groups is 1. The number of benzene rings is 1. The largest absolute Gasteiger partial charge is 0.490 e. The first-order valence-electron chi connectivity index (χ1n) is 8.04. The fraction of sp³-hybridized carbons (Fsp3) is 0.389. The first-order valence-corrected chi connectivity index (χ1v) is 8.86. The highest BCUT2D eigenvalue weighted by Gasteiger charge is 2.41. The molecule has 2 amide bonds. The van der Waals surface area contributed by atoms with E-state index in [9.17, 15) is 14.4 Å². The Hall–Kier alpha value is -2.28. The molecule has 1 atom stereocenters. The number of amides is 2. The smallest absolute Gasteiger partial charge is 0.329 e. The van der Waals surface area contributed by atoms with Crippen molar-refractivity contribution in [2.75, 3.05) is 6.61 Å².